The summed E-state index contributed by atoms with van der Waals surface area (Å²) in [6, 6.07) is 8.02. The molecule has 29 heavy (non-hydrogen) atoms. The monoisotopic (exact) mass is 418 g/mol. The molecule has 1 N–H and O–H groups in total. The number of aryl methyl sites for hydroxylation is 4. The molecule has 0 spiro atoms. The van der Waals surface area contributed by atoms with Crippen LogP contribution in [-0.2, 0) is 14.8 Å². The number of hydrogen-bond acceptors (Lipinski definition) is 3. The molecule has 1 heterocycles. The molecule has 2 aromatic carbocycles. The van der Waals surface area contributed by atoms with Crippen molar-refractivity contribution in [2.45, 2.75) is 45.4 Å². The Morgan fingerprint density at radius 1 is 1.00 bits per heavy atom. The SMILES string of the molecule is Cc1cc(C)c(S(=O)(=O)N2CCC(C(=O)Nc3cc(F)ccc3C)CC2)c(C)c1. The van der Waals surface area contributed by atoms with Gasteiger partial charge in [-0.3, -0.25) is 4.79 Å². The zero-order chi connectivity index (χ0) is 21.3. The Bertz CT molecular complexity index is 1020. The number of piperidine rings is 1. The van der Waals surface area contributed by atoms with Gasteiger partial charge in [-0.15, -0.1) is 0 Å². The van der Waals surface area contributed by atoms with Gasteiger partial charge in [0.05, 0.1) is 4.90 Å². The van der Waals surface area contributed by atoms with Gasteiger partial charge >= 0.3 is 0 Å². The van der Waals surface area contributed by atoms with Crippen LogP contribution >= 0.6 is 0 Å². The summed E-state index contributed by atoms with van der Waals surface area (Å²) in [6.45, 7) is 7.95. The van der Waals surface area contributed by atoms with Crippen LogP contribution in [0.25, 0.3) is 0 Å². The first-order chi connectivity index (χ1) is 13.6. The number of benzene rings is 2. The van der Waals surface area contributed by atoms with Crippen LogP contribution in [0.2, 0.25) is 0 Å². The maximum atomic E-state index is 13.4. The summed E-state index contributed by atoms with van der Waals surface area (Å²) in [5, 5.41) is 2.78. The molecule has 1 saturated heterocycles. The topological polar surface area (TPSA) is 66.5 Å². The molecule has 3 rings (SSSR count). The first kappa shape index (κ1) is 21.5. The van der Waals surface area contributed by atoms with E-state index in [1.807, 2.05) is 32.9 Å². The molecule has 0 saturated carbocycles. The average molecular weight is 419 g/mol. The minimum absolute atomic E-state index is 0.196. The number of carbonyl (C=O) groups excluding carboxylic acids is 1. The number of sulfonamides is 1. The summed E-state index contributed by atoms with van der Waals surface area (Å²) in [4.78, 5) is 13.0. The lowest BCUT2D eigenvalue weighted by molar-refractivity contribution is -0.120. The number of halogens is 1. The van der Waals surface area contributed by atoms with Crippen LogP contribution < -0.4 is 5.32 Å². The first-order valence-electron chi connectivity index (χ1n) is 9.74. The van der Waals surface area contributed by atoms with Gasteiger partial charge in [0.25, 0.3) is 0 Å². The van der Waals surface area contributed by atoms with Crippen molar-refractivity contribution in [3.63, 3.8) is 0 Å². The third-order valence-corrected chi connectivity index (χ3v) is 7.69. The molecule has 1 aliphatic rings. The van der Waals surface area contributed by atoms with Gasteiger partial charge in [-0.05, 0) is 69.4 Å². The minimum Gasteiger partial charge on any atom is -0.326 e. The van der Waals surface area contributed by atoms with E-state index in [4.69, 9.17) is 0 Å². The molecule has 0 unspecified atom stereocenters. The fraction of sp³-hybridized carbons (Fsp3) is 0.409. The smallest absolute Gasteiger partial charge is 0.243 e. The molecular formula is C22H27FN2O3S. The van der Waals surface area contributed by atoms with E-state index in [0.29, 0.717) is 23.4 Å². The lowest BCUT2D eigenvalue weighted by Crippen LogP contribution is -2.41. The van der Waals surface area contributed by atoms with E-state index in [9.17, 15) is 17.6 Å². The fourth-order valence-electron chi connectivity index (χ4n) is 4.02. The highest BCUT2D eigenvalue weighted by Gasteiger charge is 2.33. The molecule has 0 radical (unpaired) electrons. The predicted molar refractivity (Wildman–Crippen MR) is 112 cm³/mol. The number of rotatable bonds is 4. The van der Waals surface area contributed by atoms with Crippen LogP contribution in [0.4, 0.5) is 10.1 Å². The van der Waals surface area contributed by atoms with Gasteiger partial charge in [0.1, 0.15) is 5.82 Å². The quantitative estimate of drug-likeness (QED) is 0.813. The van der Waals surface area contributed by atoms with Gasteiger partial charge < -0.3 is 5.32 Å². The summed E-state index contributed by atoms with van der Waals surface area (Å²) in [6.07, 6.45) is 0.868. The molecule has 0 aromatic heterocycles. The van der Waals surface area contributed by atoms with Crippen LogP contribution in [-0.4, -0.2) is 31.7 Å². The van der Waals surface area contributed by atoms with E-state index in [2.05, 4.69) is 5.32 Å². The highest BCUT2D eigenvalue weighted by Crippen LogP contribution is 2.29. The van der Waals surface area contributed by atoms with Crippen molar-refractivity contribution < 1.29 is 17.6 Å². The number of anilines is 1. The Morgan fingerprint density at radius 2 is 1.59 bits per heavy atom. The summed E-state index contributed by atoms with van der Waals surface area (Å²) in [5.41, 5.74) is 3.75. The van der Waals surface area contributed by atoms with Crippen molar-refractivity contribution in [2.75, 3.05) is 18.4 Å². The number of amides is 1. The Labute approximate surface area is 172 Å². The zero-order valence-corrected chi connectivity index (χ0v) is 18.1. The number of nitrogens with one attached hydrogen (secondary N) is 1. The van der Waals surface area contributed by atoms with Gasteiger partial charge in [0.2, 0.25) is 15.9 Å². The van der Waals surface area contributed by atoms with E-state index in [0.717, 1.165) is 22.3 Å². The second-order valence-electron chi connectivity index (χ2n) is 7.85. The maximum Gasteiger partial charge on any atom is 0.243 e. The highest BCUT2D eigenvalue weighted by molar-refractivity contribution is 7.89. The van der Waals surface area contributed by atoms with E-state index in [-0.39, 0.29) is 24.9 Å². The number of hydrogen-bond donors (Lipinski definition) is 1. The van der Waals surface area contributed by atoms with Crippen molar-refractivity contribution in [2.24, 2.45) is 5.92 Å². The highest BCUT2D eigenvalue weighted by atomic mass is 32.2. The Morgan fingerprint density at radius 3 is 2.17 bits per heavy atom. The van der Waals surface area contributed by atoms with E-state index in [1.54, 1.807) is 13.0 Å². The van der Waals surface area contributed by atoms with Crippen molar-refractivity contribution in [1.82, 2.24) is 4.31 Å². The van der Waals surface area contributed by atoms with E-state index in [1.165, 1.54) is 16.4 Å². The van der Waals surface area contributed by atoms with Crippen LogP contribution in [0.15, 0.2) is 35.2 Å². The van der Waals surface area contributed by atoms with Crippen molar-refractivity contribution >= 4 is 21.6 Å². The summed E-state index contributed by atoms with van der Waals surface area (Å²) >= 11 is 0. The molecule has 1 amide bonds. The molecule has 2 aromatic rings. The maximum absolute atomic E-state index is 13.4. The second kappa shape index (κ2) is 8.24. The molecular weight excluding hydrogens is 391 g/mol. The normalized spacial score (nSPS) is 16.0. The van der Waals surface area contributed by atoms with Crippen LogP contribution in [0.5, 0.6) is 0 Å². The van der Waals surface area contributed by atoms with Gasteiger partial charge in [-0.25, -0.2) is 12.8 Å². The average Bonchev–Trinajstić information content (AvgIpc) is 2.63. The molecule has 0 aliphatic carbocycles. The standard InChI is InChI=1S/C22H27FN2O3S/c1-14-11-16(3)21(17(4)12-14)29(27,28)25-9-7-18(8-10-25)22(26)24-20-13-19(23)6-5-15(20)2/h5-6,11-13,18H,7-10H2,1-4H3,(H,24,26). The predicted octanol–water partition coefficient (Wildman–Crippen LogP) is 4.10. The van der Waals surface area contributed by atoms with Crippen LogP contribution in [0.1, 0.15) is 35.1 Å². The largest absolute Gasteiger partial charge is 0.326 e. The van der Waals surface area contributed by atoms with Gasteiger partial charge in [-0.2, -0.15) is 4.31 Å². The molecule has 0 atom stereocenters. The summed E-state index contributed by atoms with van der Waals surface area (Å²) < 4.78 is 41.3. The molecule has 7 heteroatoms. The fourth-order valence-corrected chi connectivity index (χ4v) is 5.91. The summed E-state index contributed by atoms with van der Waals surface area (Å²) in [7, 11) is -3.61. The van der Waals surface area contributed by atoms with Crippen LogP contribution in [0.3, 0.4) is 0 Å². The van der Waals surface area contributed by atoms with Crippen molar-refractivity contribution in [3.8, 4) is 0 Å². The molecule has 1 fully saturated rings. The van der Waals surface area contributed by atoms with Crippen LogP contribution in [0, 0.1) is 39.4 Å². The Hall–Kier alpha value is -2.25. The second-order valence-corrected chi connectivity index (χ2v) is 9.73. The minimum atomic E-state index is -3.61. The Balaban J connectivity index is 1.70. The van der Waals surface area contributed by atoms with Crippen molar-refractivity contribution in [1.29, 1.82) is 0 Å². The van der Waals surface area contributed by atoms with Gasteiger partial charge in [0, 0.05) is 24.7 Å². The third-order valence-electron chi connectivity index (χ3n) is 5.48. The lowest BCUT2D eigenvalue weighted by atomic mass is 9.97. The van der Waals surface area contributed by atoms with Gasteiger partial charge in [-0.1, -0.05) is 23.8 Å². The zero-order valence-electron chi connectivity index (χ0n) is 17.3. The molecule has 1 aliphatic heterocycles. The summed E-state index contributed by atoms with van der Waals surface area (Å²) in [5.74, 6) is -0.904. The number of nitrogens with zero attached hydrogens (tertiary/aromatic N) is 1. The first-order valence-corrected chi connectivity index (χ1v) is 11.2. The van der Waals surface area contributed by atoms with E-state index < -0.39 is 15.8 Å². The number of carbonyl (C=O) groups is 1. The molecule has 156 valence electrons. The third kappa shape index (κ3) is 4.51. The lowest BCUT2D eigenvalue weighted by Gasteiger charge is -2.31. The van der Waals surface area contributed by atoms with E-state index >= 15 is 0 Å². The van der Waals surface area contributed by atoms with Crippen molar-refractivity contribution in [3.05, 3.63) is 58.4 Å². The van der Waals surface area contributed by atoms with Gasteiger partial charge in [0.15, 0.2) is 0 Å². The molecule has 5 nitrogen and oxygen atoms in total. The Kier molecular flexibility index (Phi) is 6.10. The molecule has 0 bridgehead atoms.